The first-order valence-electron chi connectivity index (χ1n) is 10.8. The summed E-state index contributed by atoms with van der Waals surface area (Å²) < 4.78 is 0. The van der Waals surface area contributed by atoms with Crippen molar-refractivity contribution in [3.8, 4) is 0 Å². The van der Waals surface area contributed by atoms with Gasteiger partial charge >= 0.3 is 0 Å². The minimum atomic E-state index is 0.485. The fourth-order valence-electron chi connectivity index (χ4n) is 2.66. The molecule has 0 radical (unpaired) electrons. The van der Waals surface area contributed by atoms with E-state index in [-0.39, 0.29) is 0 Å². The van der Waals surface area contributed by atoms with Crippen molar-refractivity contribution in [2.24, 2.45) is 0 Å². The van der Waals surface area contributed by atoms with Gasteiger partial charge in [-0.2, -0.15) is 0 Å². The topological polar surface area (TPSA) is 67.7 Å². The molecule has 0 amide bonds. The molecule has 0 saturated heterocycles. The van der Waals surface area contributed by atoms with E-state index in [9.17, 15) is 0 Å². The zero-order valence-corrected chi connectivity index (χ0v) is 20.3. The second kappa shape index (κ2) is 14.3. The van der Waals surface area contributed by atoms with E-state index >= 15 is 0 Å². The quantitative estimate of drug-likeness (QED) is 0.543. The molecule has 0 aliphatic carbocycles. The van der Waals surface area contributed by atoms with E-state index < -0.39 is 0 Å². The summed E-state index contributed by atoms with van der Waals surface area (Å²) in [6.07, 6.45) is 14.3. The monoisotopic (exact) mass is 422 g/mol. The van der Waals surface area contributed by atoms with Gasteiger partial charge in [-0.25, -0.2) is 9.97 Å². The zero-order valence-electron chi connectivity index (χ0n) is 20.3. The number of hydrogen-bond donors (Lipinski definition) is 0. The van der Waals surface area contributed by atoms with Crippen molar-refractivity contribution in [2.45, 2.75) is 65.8 Å². The van der Waals surface area contributed by atoms with Crippen LogP contribution >= 0.6 is 0 Å². The zero-order chi connectivity index (χ0) is 23.2. The third-order valence-corrected chi connectivity index (χ3v) is 4.48. The van der Waals surface area contributed by atoms with Gasteiger partial charge in [0.2, 0.25) is 0 Å². The molecule has 0 unspecified atom stereocenters. The molecule has 0 aliphatic rings. The predicted octanol–water partition coefficient (Wildman–Crippen LogP) is 5.47. The first kappa shape index (κ1) is 26.3. The van der Waals surface area contributed by atoms with Crippen LogP contribution in [0.15, 0.2) is 55.8 Å². The molecule has 0 bridgehead atoms. The molecule has 0 fully saturated rings. The van der Waals surface area contributed by atoms with Crippen molar-refractivity contribution in [3.05, 3.63) is 78.2 Å². The lowest BCUT2D eigenvalue weighted by Crippen LogP contribution is -2.12. The average Bonchev–Trinajstić information content (AvgIpc) is 2.75. The van der Waals surface area contributed by atoms with Gasteiger partial charge in [0.1, 0.15) is 6.33 Å². The van der Waals surface area contributed by atoms with Crippen molar-refractivity contribution in [2.75, 3.05) is 14.1 Å². The molecule has 0 spiro atoms. The van der Waals surface area contributed by atoms with Gasteiger partial charge in [0.15, 0.2) is 0 Å². The maximum atomic E-state index is 4.16. The van der Waals surface area contributed by atoms with Crippen LogP contribution in [0, 0.1) is 0 Å². The molecule has 3 aromatic heterocycles. The Balaban J connectivity index is 0.000000239. The molecular weight excluding hydrogens is 384 g/mol. The molecule has 6 heteroatoms. The van der Waals surface area contributed by atoms with Crippen molar-refractivity contribution in [3.63, 3.8) is 0 Å². The highest BCUT2D eigenvalue weighted by molar-refractivity contribution is 5.25. The van der Waals surface area contributed by atoms with Gasteiger partial charge in [-0.3, -0.25) is 15.0 Å². The number of hydrogen-bond acceptors (Lipinski definition) is 6. The molecule has 3 rings (SSSR count). The number of nitrogens with zero attached hydrogens (tertiary/aromatic N) is 6. The second-order valence-corrected chi connectivity index (χ2v) is 8.58. The van der Waals surface area contributed by atoms with E-state index in [4.69, 9.17) is 0 Å². The summed E-state index contributed by atoms with van der Waals surface area (Å²) in [4.78, 5) is 22.2. The van der Waals surface area contributed by atoms with Crippen LogP contribution in [-0.4, -0.2) is 43.9 Å². The summed E-state index contributed by atoms with van der Waals surface area (Å²) in [5, 5.41) is 0. The van der Waals surface area contributed by atoms with Gasteiger partial charge in [-0.15, -0.1) is 0 Å². The van der Waals surface area contributed by atoms with Crippen LogP contribution in [0.1, 0.15) is 81.7 Å². The van der Waals surface area contributed by atoms with E-state index in [1.165, 1.54) is 16.7 Å². The summed E-state index contributed by atoms with van der Waals surface area (Å²) in [5.41, 5.74) is 4.99. The lowest BCUT2D eigenvalue weighted by atomic mass is 10.00. The minimum absolute atomic E-state index is 0.485. The Morgan fingerprint density at radius 3 is 1.77 bits per heavy atom. The Morgan fingerprint density at radius 2 is 1.35 bits per heavy atom. The fourth-order valence-corrected chi connectivity index (χ4v) is 2.66. The highest BCUT2D eigenvalue weighted by Crippen LogP contribution is 2.18. The van der Waals surface area contributed by atoms with Crippen LogP contribution in [0.25, 0.3) is 0 Å². The van der Waals surface area contributed by atoms with Gasteiger partial charge in [0.05, 0.1) is 5.69 Å². The van der Waals surface area contributed by atoms with Gasteiger partial charge in [0, 0.05) is 49.9 Å². The first-order chi connectivity index (χ1) is 14.7. The Morgan fingerprint density at radius 1 is 0.710 bits per heavy atom. The van der Waals surface area contributed by atoms with E-state index in [1.54, 1.807) is 24.9 Å². The summed E-state index contributed by atoms with van der Waals surface area (Å²) in [7, 11) is 4.18. The van der Waals surface area contributed by atoms with Gasteiger partial charge < -0.3 is 4.90 Å². The van der Waals surface area contributed by atoms with Crippen LogP contribution < -0.4 is 0 Å². The van der Waals surface area contributed by atoms with Crippen LogP contribution in [0.4, 0.5) is 0 Å². The van der Waals surface area contributed by atoms with E-state index in [2.05, 4.69) is 91.5 Å². The third kappa shape index (κ3) is 10.7. The van der Waals surface area contributed by atoms with E-state index in [0.29, 0.717) is 17.8 Å². The Labute approximate surface area is 188 Å². The maximum Gasteiger partial charge on any atom is 0.115 e. The molecule has 0 aliphatic heterocycles. The minimum Gasteiger partial charge on any atom is -0.305 e. The van der Waals surface area contributed by atoms with Crippen LogP contribution in [0.5, 0.6) is 0 Å². The molecule has 31 heavy (non-hydrogen) atoms. The van der Waals surface area contributed by atoms with Gasteiger partial charge in [-0.05, 0) is 54.6 Å². The number of rotatable bonds is 5. The Kier molecular flexibility index (Phi) is 12.1. The standard InChI is InChI=1S/C11H18N2.2C7H10N2/c1-9(2)11-7-12-6-5-10(11)8-13(3)4;1-6(2)7-3-8-5-9-4-7;1-6(2)7-5-8-3-4-9-7/h5-7,9H,8H2,1-4H3;2*3-6H,1-2H3. The summed E-state index contributed by atoms with van der Waals surface area (Å²) in [6.45, 7) is 13.9. The van der Waals surface area contributed by atoms with Gasteiger partial charge in [0.25, 0.3) is 0 Å². The SMILES string of the molecule is CC(C)c1cnccc1CN(C)C.CC(C)c1cnccn1.CC(C)c1cncnc1. The van der Waals surface area contributed by atoms with E-state index in [0.717, 1.165) is 12.2 Å². The molecule has 0 aromatic carbocycles. The van der Waals surface area contributed by atoms with Crippen molar-refractivity contribution in [1.82, 2.24) is 29.8 Å². The van der Waals surface area contributed by atoms with Crippen molar-refractivity contribution < 1.29 is 0 Å². The lowest BCUT2D eigenvalue weighted by molar-refractivity contribution is 0.400. The second-order valence-electron chi connectivity index (χ2n) is 8.58. The maximum absolute atomic E-state index is 4.16. The van der Waals surface area contributed by atoms with Gasteiger partial charge in [-0.1, -0.05) is 41.5 Å². The van der Waals surface area contributed by atoms with Crippen LogP contribution in [0.3, 0.4) is 0 Å². The normalized spacial score (nSPS) is 10.6. The predicted molar refractivity (Wildman–Crippen MR) is 128 cm³/mol. The highest BCUT2D eigenvalue weighted by Gasteiger charge is 2.06. The van der Waals surface area contributed by atoms with Crippen LogP contribution in [0.2, 0.25) is 0 Å². The molecule has 6 nitrogen and oxygen atoms in total. The summed E-state index contributed by atoms with van der Waals surface area (Å²) in [6, 6.07) is 2.11. The molecule has 0 N–H and O–H groups in total. The smallest absolute Gasteiger partial charge is 0.115 e. The number of aromatic nitrogens is 5. The largest absolute Gasteiger partial charge is 0.305 e. The fraction of sp³-hybridized carbons (Fsp3) is 0.480. The Bertz CT molecular complexity index is 789. The molecule has 3 heterocycles. The molecular formula is C25H38N6. The van der Waals surface area contributed by atoms with Crippen LogP contribution in [-0.2, 0) is 6.54 Å². The number of pyridine rings is 1. The molecule has 0 atom stereocenters. The molecule has 168 valence electrons. The summed E-state index contributed by atoms with van der Waals surface area (Å²) >= 11 is 0. The third-order valence-electron chi connectivity index (χ3n) is 4.48. The van der Waals surface area contributed by atoms with Crippen molar-refractivity contribution in [1.29, 1.82) is 0 Å². The first-order valence-corrected chi connectivity index (χ1v) is 10.8. The highest BCUT2D eigenvalue weighted by atomic mass is 15.0. The lowest BCUT2D eigenvalue weighted by Gasteiger charge is -2.15. The Hall–Kier alpha value is -2.73. The summed E-state index contributed by atoms with van der Waals surface area (Å²) in [5.74, 6) is 1.58. The molecule has 0 saturated carbocycles. The molecule has 3 aromatic rings. The van der Waals surface area contributed by atoms with Crippen molar-refractivity contribution >= 4 is 0 Å². The van der Waals surface area contributed by atoms with E-state index in [1.807, 2.05) is 24.8 Å². The average molecular weight is 423 g/mol.